The molecule has 0 saturated carbocycles. The standard InChI is InChI=1S/C18H28N4O2S/c1-13(2)16(10-18(3,4)25(19)23)17-12-22(21-20-17)11-14-6-8-15(24-5)9-7-14/h6-9,12-13,16H,10-11,19H2,1-5H3/t16-,25?/m0/s1. The van der Waals surface area contributed by atoms with Crippen LogP contribution in [0.4, 0.5) is 0 Å². The van der Waals surface area contributed by atoms with Crippen molar-refractivity contribution in [2.75, 3.05) is 7.11 Å². The van der Waals surface area contributed by atoms with E-state index in [1.165, 1.54) is 0 Å². The summed E-state index contributed by atoms with van der Waals surface area (Å²) in [5.41, 5.74) is 2.05. The van der Waals surface area contributed by atoms with Crippen molar-refractivity contribution in [1.29, 1.82) is 0 Å². The third-order valence-electron chi connectivity index (χ3n) is 4.50. The summed E-state index contributed by atoms with van der Waals surface area (Å²) in [7, 11) is 0.272. The second kappa shape index (κ2) is 8.10. The molecule has 0 bridgehead atoms. The summed E-state index contributed by atoms with van der Waals surface area (Å²) < 4.78 is 18.3. The number of nitrogens with zero attached hydrogens (tertiary/aromatic N) is 3. The Kier molecular flexibility index (Phi) is 6.35. The van der Waals surface area contributed by atoms with Gasteiger partial charge in [0.1, 0.15) is 5.75 Å². The Morgan fingerprint density at radius 2 is 1.92 bits per heavy atom. The molecule has 0 aliphatic carbocycles. The Balaban J connectivity index is 2.14. The summed E-state index contributed by atoms with van der Waals surface area (Å²) in [6.45, 7) is 8.79. The summed E-state index contributed by atoms with van der Waals surface area (Å²) in [5.74, 6) is 1.35. The first-order valence-corrected chi connectivity index (χ1v) is 9.63. The van der Waals surface area contributed by atoms with Crippen molar-refractivity contribution in [3.05, 3.63) is 41.7 Å². The average Bonchev–Trinajstić information content (AvgIpc) is 3.01. The molecule has 0 fully saturated rings. The fraction of sp³-hybridized carbons (Fsp3) is 0.556. The van der Waals surface area contributed by atoms with Crippen LogP contribution in [0, 0.1) is 5.92 Å². The Hall–Kier alpha value is -1.73. The van der Waals surface area contributed by atoms with Gasteiger partial charge in [-0.05, 0) is 43.9 Å². The van der Waals surface area contributed by atoms with Gasteiger partial charge in [-0.3, -0.25) is 5.14 Å². The number of benzene rings is 1. The van der Waals surface area contributed by atoms with Gasteiger partial charge in [-0.15, -0.1) is 5.10 Å². The van der Waals surface area contributed by atoms with Gasteiger partial charge < -0.3 is 4.74 Å². The highest BCUT2D eigenvalue weighted by Crippen LogP contribution is 2.33. The van der Waals surface area contributed by atoms with E-state index in [0.717, 1.165) is 17.0 Å². The third-order valence-corrected chi connectivity index (χ3v) is 5.76. The SMILES string of the molecule is COc1ccc(Cn2cc([C@@H](CC(C)(C)S(N)=O)C(C)C)nn2)cc1. The van der Waals surface area contributed by atoms with Crippen molar-refractivity contribution >= 4 is 11.0 Å². The quantitative estimate of drug-likeness (QED) is 0.781. The predicted molar refractivity (Wildman–Crippen MR) is 101 cm³/mol. The van der Waals surface area contributed by atoms with Gasteiger partial charge in [0.05, 0.1) is 35.1 Å². The molecule has 6 nitrogen and oxygen atoms in total. The van der Waals surface area contributed by atoms with Crippen molar-refractivity contribution in [1.82, 2.24) is 15.0 Å². The molecule has 0 aliphatic heterocycles. The maximum absolute atomic E-state index is 11.8. The van der Waals surface area contributed by atoms with E-state index in [4.69, 9.17) is 9.88 Å². The van der Waals surface area contributed by atoms with Crippen molar-refractivity contribution in [2.45, 2.75) is 51.3 Å². The van der Waals surface area contributed by atoms with Crippen LogP contribution in [-0.4, -0.2) is 31.1 Å². The molecule has 0 radical (unpaired) electrons. The topological polar surface area (TPSA) is 83.0 Å². The van der Waals surface area contributed by atoms with Crippen LogP contribution in [-0.2, 0) is 17.5 Å². The van der Waals surface area contributed by atoms with Crippen molar-refractivity contribution < 1.29 is 8.95 Å². The molecule has 0 amide bonds. The van der Waals surface area contributed by atoms with E-state index < -0.39 is 15.7 Å². The Bertz CT molecular complexity index is 710. The largest absolute Gasteiger partial charge is 0.497 e. The van der Waals surface area contributed by atoms with Crippen LogP contribution in [0.5, 0.6) is 5.75 Å². The molecule has 1 unspecified atom stereocenters. The molecule has 138 valence electrons. The molecule has 0 saturated heterocycles. The fourth-order valence-electron chi connectivity index (χ4n) is 2.77. The Morgan fingerprint density at radius 3 is 2.44 bits per heavy atom. The zero-order chi connectivity index (χ0) is 18.6. The predicted octanol–water partition coefficient (Wildman–Crippen LogP) is 2.87. The van der Waals surface area contributed by atoms with E-state index in [9.17, 15) is 4.21 Å². The van der Waals surface area contributed by atoms with Crippen LogP contribution in [0.2, 0.25) is 0 Å². The smallest absolute Gasteiger partial charge is 0.118 e. The fourth-order valence-corrected chi connectivity index (χ4v) is 3.12. The lowest BCUT2D eigenvalue weighted by Crippen LogP contribution is -2.34. The summed E-state index contributed by atoms with van der Waals surface area (Å²) in [5, 5.41) is 14.3. The number of nitrogens with two attached hydrogens (primary N) is 1. The van der Waals surface area contributed by atoms with Gasteiger partial charge in [-0.1, -0.05) is 31.2 Å². The van der Waals surface area contributed by atoms with Crippen molar-refractivity contribution in [2.24, 2.45) is 11.1 Å². The minimum atomic E-state index is -1.38. The summed E-state index contributed by atoms with van der Waals surface area (Å²) in [6, 6.07) is 7.90. The Morgan fingerprint density at radius 1 is 1.28 bits per heavy atom. The van der Waals surface area contributed by atoms with Gasteiger partial charge in [0.25, 0.3) is 0 Å². The lowest BCUT2D eigenvalue weighted by Gasteiger charge is -2.28. The van der Waals surface area contributed by atoms with Gasteiger partial charge in [0, 0.05) is 12.1 Å². The number of rotatable bonds is 8. The van der Waals surface area contributed by atoms with E-state index in [2.05, 4.69) is 24.2 Å². The van der Waals surface area contributed by atoms with E-state index >= 15 is 0 Å². The second-order valence-electron chi connectivity index (χ2n) is 7.30. The third kappa shape index (κ3) is 5.12. The first-order chi connectivity index (χ1) is 11.7. The monoisotopic (exact) mass is 364 g/mol. The molecule has 7 heteroatoms. The number of aromatic nitrogens is 3. The van der Waals surface area contributed by atoms with Crippen LogP contribution in [0.1, 0.15) is 51.3 Å². The van der Waals surface area contributed by atoms with Gasteiger partial charge >= 0.3 is 0 Å². The van der Waals surface area contributed by atoms with E-state index in [-0.39, 0.29) is 5.92 Å². The highest BCUT2D eigenvalue weighted by molar-refractivity contribution is 7.84. The zero-order valence-electron chi connectivity index (χ0n) is 15.6. The first-order valence-electron chi connectivity index (χ1n) is 8.42. The molecule has 1 aromatic carbocycles. The zero-order valence-corrected chi connectivity index (χ0v) is 16.4. The van der Waals surface area contributed by atoms with Crippen molar-refractivity contribution in [3.63, 3.8) is 0 Å². The maximum Gasteiger partial charge on any atom is 0.118 e. The highest BCUT2D eigenvalue weighted by Gasteiger charge is 2.31. The lowest BCUT2D eigenvalue weighted by atomic mass is 9.85. The molecule has 0 aliphatic rings. The maximum atomic E-state index is 11.8. The Labute approximate surface area is 152 Å². The normalized spacial score (nSPS) is 14.5. The minimum absolute atomic E-state index is 0.159. The van der Waals surface area contributed by atoms with E-state index in [1.54, 1.807) is 7.11 Å². The molecule has 1 heterocycles. The molecule has 25 heavy (non-hydrogen) atoms. The summed E-state index contributed by atoms with van der Waals surface area (Å²) in [6.07, 6.45) is 2.68. The number of ether oxygens (including phenoxy) is 1. The average molecular weight is 365 g/mol. The highest BCUT2D eigenvalue weighted by atomic mass is 32.2. The number of methoxy groups -OCH3 is 1. The van der Waals surface area contributed by atoms with Crippen LogP contribution >= 0.6 is 0 Å². The molecule has 2 aromatic rings. The van der Waals surface area contributed by atoms with Gasteiger partial charge in [-0.2, -0.15) is 0 Å². The van der Waals surface area contributed by atoms with E-state index in [0.29, 0.717) is 18.9 Å². The van der Waals surface area contributed by atoms with Gasteiger partial charge in [-0.25, -0.2) is 8.89 Å². The van der Waals surface area contributed by atoms with Crippen LogP contribution in [0.25, 0.3) is 0 Å². The molecule has 0 spiro atoms. The summed E-state index contributed by atoms with van der Waals surface area (Å²) >= 11 is 0. The molecular weight excluding hydrogens is 336 g/mol. The number of hydrogen-bond acceptors (Lipinski definition) is 4. The molecule has 2 N–H and O–H groups in total. The van der Waals surface area contributed by atoms with Gasteiger partial charge in [0.15, 0.2) is 0 Å². The van der Waals surface area contributed by atoms with E-state index in [1.807, 2.05) is 49.0 Å². The minimum Gasteiger partial charge on any atom is -0.497 e. The molecule has 1 aromatic heterocycles. The van der Waals surface area contributed by atoms with Gasteiger partial charge in [0.2, 0.25) is 0 Å². The molecular formula is C18H28N4O2S. The van der Waals surface area contributed by atoms with Crippen LogP contribution < -0.4 is 9.88 Å². The summed E-state index contributed by atoms with van der Waals surface area (Å²) in [4.78, 5) is 0. The lowest BCUT2D eigenvalue weighted by molar-refractivity contribution is 0.414. The first kappa shape index (κ1) is 19.6. The molecule has 2 atom stereocenters. The number of hydrogen-bond donors (Lipinski definition) is 1. The second-order valence-corrected chi connectivity index (χ2v) is 9.00. The molecule has 2 rings (SSSR count). The van der Waals surface area contributed by atoms with Crippen LogP contribution in [0.3, 0.4) is 0 Å². The van der Waals surface area contributed by atoms with Crippen LogP contribution in [0.15, 0.2) is 30.5 Å². The van der Waals surface area contributed by atoms with Crippen molar-refractivity contribution in [3.8, 4) is 5.75 Å².